The van der Waals surface area contributed by atoms with Crippen LogP contribution in [0.3, 0.4) is 0 Å². The molecule has 0 unspecified atom stereocenters. The summed E-state index contributed by atoms with van der Waals surface area (Å²) in [7, 11) is 0. The van der Waals surface area contributed by atoms with E-state index in [1.54, 1.807) is 41.5 Å². The topological polar surface area (TPSA) is 123 Å². The van der Waals surface area contributed by atoms with Gasteiger partial charge < -0.3 is 15.4 Å². The maximum Gasteiger partial charge on any atom is 0.332 e. The molecule has 0 saturated carbocycles. The van der Waals surface area contributed by atoms with E-state index < -0.39 is 41.9 Å². The fraction of sp³-hybridized carbons (Fsp3) is 0.200. The van der Waals surface area contributed by atoms with Crippen molar-refractivity contribution in [2.24, 2.45) is 0 Å². The number of benzene rings is 3. The first-order chi connectivity index (χ1) is 19.8. The Kier molecular flexibility index (Phi) is 6.96. The zero-order valence-electron chi connectivity index (χ0n) is 21.8. The minimum Gasteiger partial charge on any atom is -0.480 e. The Hall–Kier alpha value is -4.28. The number of amides is 4. The lowest BCUT2D eigenvalue weighted by molar-refractivity contribution is -0.138. The number of hydrogen-bond acceptors (Lipinski definition) is 5. The third-order valence-corrected chi connectivity index (χ3v) is 8.44. The van der Waals surface area contributed by atoms with Gasteiger partial charge in [-0.3, -0.25) is 14.5 Å². The second-order valence-corrected chi connectivity index (χ2v) is 11.3. The summed E-state index contributed by atoms with van der Waals surface area (Å²) in [5.74, 6) is -2.16. The third-order valence-electron chi connectivity index (χ3n) is 7.54. The lowest BCUT2D eigenvalue weighted by atomic mass is 9.89. The first kappa shape index (κ1) is 26.9. The SMILES string of the molecule is CSC[C@H](NC(=O)c1ccccc1N1C(=O)[C@@H]2Cc3c([nH]c4ccccc34)[C@H](c3cccc(Cl)c3)N2C1=O)C(=O)O. The predicted molar refractivity (Wildman–Crippen MR) is 158 cm³/mol. The molecule has 2 aliphatic rings. The molecule has 3 heterocycles. The van der Waals surface area contributed by atoms with Gasteiger partial charge in [-0.05, 0) is 47.7 Å². The molecule has 1 fully saturated rings. The highest BCUT2D eigenvalue weighted by atomic mass is 35.5. The standard InChI is InChI=1S/C30H25ClN4O5S/c1-41-15-22(29(38)39)33-27(36)19-10-3-5-12-23(19)35-28(37)24-14-20-18-9-2-4-11-21(18)32-25(20)26(34(24)30(35)40)16-7-6-8-17(31)13-16/h2-13,22,24,26,32H,14-15H2,1H3,(H,33,36)(H,38,39)/t22-,24-,26-/m0/s1. The average Bonchev–Trinajstić information content (AvgIpc) is 3.45. The van der Waals surface area contributed by atoms with Crippen LogP contribution in [0.1, 0.15) is 33.2 Å². The quantitative estimate of drug-likeness (QED) is 0.265. The number of carbonyl (C=O) groups excluding carboxylic acids is 3. The molecular formula is C30H25ClN4O5S. The summed E-state index contributed by atoms with van der Waals surface area (Å²) in [4.78, 5) is 59.3. The number of aromatic amines is 1. The van der Waals surface area contributed by atoms with Gasteiger partial charge in [0, 0.05) is 33.8 Å². The summed E-state index contributed by atoms with van der Waals surface area (Å²) in [6, 6.07) is 18.1. The molecule has 41 heavy (non-hydrogen) atoms. The first-order valence-corrected chi connectivity index (χ1v) is 14.7. The first-order valence-electron chi connectivity index (χ1n) is 12.9. The summed E-state index contributed by atoms with van der Waals surface area (Å²) >= 11 is 7.65. The van der Waals surface area contributed by atoms with E-state index in [9.17, 15) is 24.3 Å². The number of rotatable bonds is 7. The van der Waals surface area contributed by atoms with Gasteiger partial charge in [0.1, 0.15) is 18.1 Å². The molecule has 3 aromatic carbocycles. The van der Waals surface area contributed by atoms with Crippen LogP contribution in [0.15, 0.2) is 72.8 Å². The molecular weight excluding hydrogens is 564 g/mol. The van der Waals surface area contributed by atoms with E-state index in [1.165, 1.54) is 23.9 Å². The van der Waals surface area contributed by atoms with Crippen LogP contribution in [0.5, 0.6) is 0 Å². The van der Waals surface area contributed by atoms with Crippen molar-refractivity contribution in [1.29, 1.82) is 0 Å². The molecule has 3 N–H and O–H groups in total. The smallest absolute Gasteiger partial charge is 0.332 e. The van der Waals surface area contributed by atoms with Gasteiger partial charge in [0.25, 0.3) is 11.8 Å². The second-order valence-electron chi connectivity index (χ2n) is 9.94. The van der Waals surface area contributed by atoms with E-state index in [0.717, 1.165) is 32.6 Å². The fourth-order valence-corrected chi connectivity index (χ4v) is 6.52. The van der Waals surface area contributed by atoms with E-state index in [0.29, 0.717) is 11.4 Å². The number of anilines is 1. The average molecular weight is 589 g/mol. The number of aliphatic carboxylic acids is 1. The molecule has 11 heteroatoms. The molecule has 2 aliphatic heterocycles. The third kappa shape index (κ3) is 4.53. The van der Waals surface area contributed by atoms with E-state index >= 15 is 0 Å². The minimum atomic E-state index is -1.17. The van der Waals surface area contributed by atoms with Gasteiger partial charge in [-0.15, -0.1) is 0 Å². The zero-order chi connectivity index (χ0) is 28.8. The number of carboxylic acid groups (broad SMARTS) is 1. The summed E-state index contributed by atoms with van der Waals surface area (Å²) in [6.45, 7) is 0. The van der Waals surface area contributed by atoms with Gasteiger partial charge in [0.2, 0.25) is 0 Å². The van der Waals surface area contributed by atoms with Gasteiger partial charge in [-0.1, -0.05) is 54.1 Å². The zero-order valence-corrected chi connectivity index (χ0v) is 23.4. The number of aromatic nitrogens is 1. The van der Waals surface area contributed by atoms with E-state index in [2.05, 4.69) is 10.3 Å². The predicted octanol–water partition coefficient (Wildman–Crippen LogP) is 4.85. The number of imide groups is 1. The second kappa shape index (κ2) is 10.6. The number of para-hydroxylation sites is 2. The van der Waals surface area contributed by atoms with Crippen molar-refractivity contribution >= 4 is 63.8 Å². The van der Waals surface area contributed by atoms with Crippen molar-refractivity contribution in [3.8, 4) is 0 Å². The minimum absolute atomic E-state index is 0.0321. The fourth-order valence-electron chi connectivity index (χ4n) is 5.76. The van der Waals surface area contributed by atoms with Gasteiger partial charge in [-0.25, -0.2) is 14.5 Å². The van der Waals surface area contributed by atoms with Gasteiger partial charge >= 0.3 is 12.0 Å². The Morgan fingerprint density at radius 1 is 1.10 bits per heavy atom. The number of carbonyl (C=O) groups is 4. The highest BCUT2D eigenvalue weighted by Gasteiger charge is 2.53. The van der Waals surface area contributed by atoms with Crippen LogP contribution in [0, 0.1) is 0 Å². The van der Waals surface area contributed by atoms with Crippen molar-refractivity contribution in [2.45, 2.75) is 24.5 Å². The molecule has 4 amide bonds. The molecule has 4 aromatic rings. The van der Waals surface area contributed by atoms with Crippen LogP contribution in [0.2, 0.25) is 5.02 Å². The lowest BCUT2D eigenvalue weighted by Gasteiger charge is -2.36. The summed E-state index contributed by atoms with van der Waals surface area (Å²) < 4.78 is 0. The van der Waals surface area contributed by atoms with E-state index in [1.807, 2.05) is 30.3 Å². The van der Waals surface area contributed by atoms with Crippen LogP contribution in [0.4, 0.5) is 10.5 Å². The molecule has 0 bridgehead atoms. The number of carboxylic acids is 1. The number of fused-ring (bicyclic) bond motifs is 4. The van der Waals surface area contributed by atoms with Crippen LogP contribution >= 0.6 is 23.4 Å². The molecule has 1 aromatic heterocycles. The van der Waals surface area contributed by atoms with Crippen LogP contribution in [-0.4, -0.2) is 62.9 Å². The van der Waals surface area contributed by atoms with Crippen LogP contribution in [0.25, 0.3) is 10.9 Å². The molecule has 0 aliphatic carbocycles. The van der Waals surface area contributed by atoms with Gasteiger partial charge in [-0.2, -0.15) is 11.8 Å². The number of hydrogen-bond donors (Lipinski definition) is 3. The largest absolute Gasteiger partial charge is 0.480 e. The summed E-state index contributed by atoms with van der Waals surface area (Å²) in [6.07, 6.45) is 2.03. The van der Waals surface area contributed by atoms with Crippen molar-refractivity contribution in [1.82, 2.24) is 15.2 Å². The van der Waals surface area contributed by atoms with Crippen molar-refractivity contribution in [2.75, 3.05) is 16.9 Å². The molecule has 0 radical (unpaired) electrons. The monoisotopic (exact) mass is 588 g/mol. The Bertz CT molecular complexity index is 1720. The maximum atomic E-state index is 14.2. The lowest BCUT2D eigenvalue weighted by Crippen LogP contribution is -2.44. The van der Waals surface area contributed by atoms with Crippen molar-refractivity contribution in [3.63, 3.8) is 0 Å². The van der Waals surface area contributed by atoms with Crippen LogP contribution < -0.4 is 10.2 Å². The van der Waals surface area contributed by atoms with Crippen LogP contribution in [-0.2, 0) is 16.0 Å². The molecule has 1 saturated heterocycles. The summed E-state index contributed by atoms with van der Waals surface area (Å²) in [5, 5.41) is 13.5. The highest BCUT2D eigenvalue weighted by molar-refractivity contribution is 7.98. The number of urea groups is 1. The van der Waals surface area contributed by atoms with E-state index in [4.69, 9.17) is 11.6 Å². The number of nitrogens with zero attached hydrogens (tertiary/aromatic N) is 2. The maximum absolute atomic E-state index is 14.2. The Morgan fingerprint density at radius 2 is 1.85 bits per heavy atom. The van der Waals surface area contributed by atoms with Gasteiger partial charge in [0.15, 0.2) is 0 Å². The number of nitrogens with one attached hydrogen (secondary N) is 2. The molecule has 3 atom stereocenters. The number of H-pyrrole nitrogens is 1. The Labute approximate surface area is 244 Å². The number of halogens is 1. The molecule has 208 valence electrons. The highest BCUT2D eigenvalue weighted by Crippen LogP contribution is 2.45. The Morgan fingerprint density at radius 3 is 2.61 bits per heavy atom. The Balaban J connectivity index is 1.44. The molecule has 9 nitrogen and oxygen atoms in total. The summed E-state index contributed by atoms with van der Waals surface area (Å²) in [5.41, 5.74) is 3.53. The normalized spacial score (nSPS) is 18.8. The van der Waals surface area contributed by atoms with Crippen molar-refractivity contribution in [3.05, 3.63) is 100 Å². The van der Waals surface area contributed by atoms with Gasteiger partial charge in [0.05, 0.1) is 11.3 Å². The molecule has 0 spiro atoms. The van der Waals surface area contributed by atoms with Crippen molar-refractivity contribution < 1.29 is 24.3 Å². The van der Waals surface area contributed by atoms with E-state index in [-0.39, 0.29) is 17.0 Å². The molecule has 6 rings (SSSR count). The number of thioether (sulfide) groups is 1.